The molecular formula is C20H24ClN3O6S. The van der Waals surface area contributed by atoms with Crippen LogP contribution in [0.15, 0.2) is 47.4 Å². The lowest BCUT2D eigenvalue weighted by atomic mass is 10.2. The summed E-state index contributed by atoms with van der Waals surface area (Å²) in [6, 6.07) is 9.58. The fourth-order valence-corrected chi connectivity index (χ4v) is 3.47. The van der Waals surface area contributed by atoms with Crippen LogP contribution < -0.4 is 10.1 Å². The van der Waals surface area contributed by atoms with Gasteiger partial charge in [0.15, 0.2) is 9.84 Å². The average Bonchev–Trinajstić information content (AvgIpc) is 2.71. The van der Waals surface area contributed by atoms with Crippen molar-refractivity contribution in [3.63, 3.8) is 0 Å². The lowest BCUT2D eigenvalue weighted by molar-refractivity contribution is -0.384. The van der Waals surface area contributed by atoms with E-state index in [1.807, 2.05) is 0 Å². The molecule has 0 aliphatic carbocycles. The molecule has 0 saturated heterocycles. The van der Waals surface area contributed by atoms with Crippen molar-refractivity contribution in [3.05, 3.63) is 57.6 Å². The minimum absolute atomic E-state index is 0.169. The molecule has 1 amide bonds. The summed E-state index contributed by atoms with van der Waals surface area (Å²) in [4.78, 5) is 24.8. The summed E-state index contributed by atoms with van der Waals surface area (Å²) in [5, 5.41) is 13.7. The number of likely N-dealkylation sites (N-methyl/N-ethyl adjacent to an activating group) is 1. The van der Waals surface area contributed by atoms with E-state index in [9.17, 15) is 23.3 Å². The van der Waals surface area contributed by atoms with Crippen molar-refractivity contribution < 1.29 is 22.9 Å². The van der Waals surface area contributed by atoms with Crippen molar-refractivity contribution in [1.82, 2.24) is 4.90 Å². The Kier molecular flexibility index (Phi) is 8.37. The highest BCUT2D eigenvalue weighted by atomic mass is 35.5. The van der Waals surface area contributed by atoms with Crippen molar-refractivity contribution in [1.29, 1.82) is 0 Å². The second-order valence-electron chi connectivity index (χ2n) is 7.02. The topological polar surface area (TPSA) is 119 Å². The van der Waals surface area contributed by atoms with Crippen LogP contribution in [-0.4, -0.2) is 56.6 Å². The van der Waals surface area contributed by atoms with Gasteiger partial charge in [0.2, 0.25) is 5.91 Å². The molecule has 0 saturated carbocycles. The first kappa shape index (κ1) is 24.6. The van der Waals surface area contributed by atoms with Gasteiger partial charge in [0.1, 0.15) is 5.75 Å². The molecule has 0 bridgehead atoms. The van der Waals surface area contributed by atoms with E-state index >= 15 is 0 Å². The first-order valence-corrected chi connectivity index (χ1v) is 11.6. The molecule has 168 valence electrons. The molecule has 0 radical (unpaired) electrons. The lowest BCUT2D eigenvalue weighted by Crippen LogP contribution is -2.40. The summed E-state index contributed by atoms with van der Waals surface area (Å²) in [5.41, 5.74) is 0.00741. The minimum atomic E-state index is -3.31. The van der Waals surface area contributed by atoms with Crippen LogP contribution in [0.4, 0.5) is 11.4 Å². The molecule has 0 spiro atoms. The predicted octanol–water partition coefficient (Wildman–Crippen LogP) is 3.38. The van der Waals surface area contributed by atoms with Crippen molar-refractivity contribution in [3.8, 4) is 5.75 Å². The Hall–Kier alpha value is -2.69. The number of benzene rings is 2. The van der Waals surface area contributed by atoms with Gasteiger partial charge in [-0.2, -0.15) is 0 Å². The highest BCUT2D eigenvalue weighted by Crippen LogP contribution is 2.27. The van der Waals surface area contributed by atoms with E-state index in [2.05, 4.69) is 5.32 Å². The van der Waals surface area contributed by atoms with Gasteiger partial charge < -0.3 is 10.1 Å². The van der Waals surface area contributed by atoms with E-state index in [-0.39, 0.29) is 27.2 Å². The van der Waals surface area contributed by atoms with Gasteiger partial charge in [-0.25, -0.2) is 8.42 Å². The first-order valence-electron chi connectivity index (χ1n) is 9.37. The van der Waals surface area contributed by atoms with Crippen LogP contribution in [0.25, 0.3) is 0 Å². The zero-order valence-electron chi connectivity index (χ0n) is 17.4. The monoisotopic (exact) mass is 469 g/mol. The van der Waals surface area contributed by atoms with Gasteiger partial charge in [-0.3, -0.25) is 19.8 Å². The average molecular weight is 470 g/mol. The highest BCUT2D eigenvalue weighted by molar-refractivity contribution is 7.90. The van der Waals surface area contributed by atoms with Crippen molar-refractivity contribution >= 4 is 38.7 Å². The number of anilines is 1. The third-order valence-corrected chi connectivity index (χ3v) is 6.06. The number of nitrogens with one attached hydrogen (secondary N) is 1. The molecule has 0 aliphatic heterocycles. The van der Waals surface area contributed by atoms with Crippen LogP contribution in [0.2, 0.25) is 5.02 Å². The molecule has 1 N–H and O–H groups in total. The molecule has 2 rings (SSSR count). The molecule has 9 nitrogen and oxygen atoms in total. The Morgan fingerprint density at radius 3 is 2.65 bits per heavy atom. The van der Waals surface area contributed by atoms with E-state index in [1.165, 1.54) is 30.3 Å². The maximum absolute atomic E-state index is 12.5. The van der Waals surface area contributed by atoms with Crippen molar-refractivity contribution in [2.45, 2.75) is 24.3 Å². The maximum atomic E-state index is 12.5. The van der Waals surface area contributed by atoms with Crippen molar-refractivity contribution in [2.75, 3.05) is 31.8 Å². The summed E-state index contributed by atoms with van der Waals surface area (Å²) in [6.45, 7) is 2.57. The van der Waals surface area contributed by atoms with Crippen LogP contribution >= 0.6 is 11.6 Å². The molecule has 31 heavy (non-hydrogen) atoms. The number of carbonyl (C=O) groups is 1. The van der Waals surface area contributed by atoms with Gasteiger partial charge in [-0.1, -0.05) is 17.7 Å². The van der Waals surface area contributed by atoms with Crippen molar-refractivity contribution in [2.24, 2.45) is 0 Å². The summed E-state index contributed by atoms with van der Waals surface area (Å²) in [7, 11) is -1.54. The Balaban J connectivity index is 1.86. The van der Waals surface area contributed by atoms with Gasteiger partial charge in [-0.05, 0) is 44.7 Å². The zero-order valence-corrected chi connectivity index (χ0v) is 18.9. The number of non-ortho nitro benzene ring substituents is 1. The molecule has 1 unspecified atom stereocenters. The van der Waals surface area contributed by atoms with Gasteiger partial charge >= 0.3 is 0 Å². The van der Waals surface area contributed by atoms with Gasteiger partial charge in [0, 0.05) is 24.9 Å². The Labute approximate surface area is 186 Å². The molecule has 0 aromatic heterocycles. The number of nitrogens with zero attached hydrogens (tertiary/aromatic N) is 2. The van der Waals surface area contributed by atoms with Crippen LogP contribution in [-0.2, 0) is 14.6 Å². The van der Waals surface area contributed by atoms with Crippen LogP contribution in [0.3, 0.4) is 0 Å². The summed E-state index contributed by atoms with van der Waals surface area (Å²) < 4.78 is 28.8. The predicted molar refractivity (Wildman–Crippen MR) is 118 cm³/mol. The Morgan fingerprint density at radius 1 is 1.29 bits per heavy atom. The normalized spacial score (nSPS) is 12.4. The third kappa shape index (κ3) is 7.20. The summed E-state index contributed by atoms with van der Waals surface area (Å²) in [6.07, 6.45) is 1.73. The molecule has 1 atom stereocenters. The number of rotatable bonds is 10. The number of amides is 1. The largest absolute Gasteiger partial charge is 0.494 e. The third-order valence-electron chi connectivity index (χ3n) is 4.62. The number of ether oxygens (including phenoxy) is 1. The van der Waals surface area contributed by atoms with E-state index in [0.29, 0.717) is 25.3 Å². The van der Waals surface area contributed by atoms with E-state index < -0.39 is 20.8 Å². The number of hydrogen-bond acceptors (Lipinski definition) is 7. The van der Waals surface area contributed by atoms with Gasteiger partial charge in [0.25, 0.3) is 5.69 Å². The Bertz CT molecular complexity index is 1060. The summed E-state index contributed by atoms with van der Waals surface area (Å²) in [5.74, 6) is 0.100. The second kappa shape index (κ2) is 10.6. The van der Waals surface area contributed by atoms with E-state index in [1.54, 1.807) is 31.0 Å². The first-order chi connectivity index (χ1) is 14.5. The molecule has 0 fully saturated rings. The fraction of sp³-hybridized carbons (Fsp3) is 0.350. The van der Waals surface area contributed by atoms with E-state index in [0.717, 1.165) is 6.26 Å². The van der Waals surface area contributed by atoms with Crippen LogP contribution in [0.1, 0.15) is 13.3 Å². The molecule has 0 aliphatic rings. The number of nitro benzene ring substituents is 1. The molecule has 2 aromatic carbocycles. The van der Waals surface area contributed by atoms with Gasteiger partial charge in [-0.15, -0.1) is 0 Å². The Morgan fingerprint density at radius 2 is 2.00 bits per heavy atom. The van der Waals surface area contributed by atoms with E-state index in [4.69, 9.17) is 16.3 Å². The second-order valence-corrected chi connectivity index (χ2v) is 9.44. The molecule has 0 heterocycles. The SMILES string of the molecule is CC(C(=O)Nc1cc([N+](=O)[O-])ccc1Cl)N(C)CCCOc1cccc(S(C)(=O)=O)c1. The zero-order chi connectivity index (χ0) is 23.2. The number of nitro groups is 1. The highest BCUT2D eigenvalue weighted by Gasteiger charge is 2.20. The lowest BCUT2D eigenvalue weighted by Gasteiger charge is -2.24. The van der Waals surface area contributed by atoms with Gasteiger partial charge in [0.05, 0.1) is 33.2 Å². The van der Waals surface area contributed by atoms with Crippen LogP contribution in [0, 0.1) is 10.1 Å². The molecular weight excluding hydrogens is 446 g/mol. The van der Waals surface area contributed by atoms with Crippen LogP contribution in [0.5, 0.6) is 5.75 Å². The maximum Gasteiger partial charge on any atom is 0.271 e. The fourth-order valence-electron chi connectivity index (χ4n) is 2.65. The molecule has 11 heteroatoms. The standard InChI is InChI=1S/C20H24ClN3O6S/c1-14(20(25)22-19-12-15(24(26)27)8-9-18(19)21)23(2)10-5-11-30-16-6-4-7-17(13-16)31(3,28)29/h4,6-9,12-14H,5,10-11H2,1-3H3,(H,22,25). The number of halogens is 1. The minimum Gasteiger partial charge on any atom is -0.494 e. The number of sulfone groups is 1. The summed E-state index contributed by atoms with van der Waals surface area (Å²) >= 11 is 6.02. The molecule has 2 aromatic rings. The number of carbonyl (C=O) groups excluding carboxylic acids is 1. The quantitative estimate of drug-likeness (QED) is 0.322. The number of hydrogen-bond donors (Lipinski definition) is 1. The smallest absolute Gasteiger partial charge is 0.271 e.